The molecule has 2 heterocycles. The highest BCUT2D eigenvalue weighted by molar-refractivity contribution is 5.81. The molecule has 1 amide bonds. The van der Waals surface area contributed by atoms with Crippen molar-refractivity contribution in [2.24, 2.45) is 5.41 Å². The van der Waals surface area contributed by atoms with E-state index in [4.69, 9.17) is 9.15 Å². The first kappa shape index (κ1) is 26.7. The molecule has 200 valence electrons. The van der Waals surface area contributed by atoms with Gasteiger partial charge in [-0.25, -0.2) is 14.6 Å². The van der Waals surface area contributed by atoms with Crippen molar-refractivity contribution in [2.45, 2.75) is 46.1 Å². The molecule has 0 saturated carbocycles. The summed E-state index contributed by atoms with van der Waals surface area (Å²) >= 11 is 0. The summed E-state index contributed by atoms with van der Waals surface area (Å²) in [6.45, 7) is 6.50. The number of alkyl carbamates (subject to hydrolysis) is 1. The molecule has 0 aliphatic carbocycles. The average Bonchev–Trinajstić information content (AvgIpc) is 3.28. The summed E-state index contributed by atoms with van der Waals surface area (Å²) < 4.78 is 11.0. The maximum absolute atomic E-state index is 12.8. The van der Waals surface area contributed by atoms with E-state index in [-0.39, 0.29) is 23.9 Å². The summed E-state index contributed by atoms with van der Waals surface area (Å²) in [4.78, 5) is 44.2. The molecule has 0 bridgehead atoms. The molecule has 0 aliphatic heterocycles. The van der Waals surface area contributed by atoms with Gasteiger partial charge in [0.25, 0.3) is 0 Å². The van der Waals surface area contributed by atoms with Gasteiger partial charge in [0, 0.05) is 25.5 Å². The molecule has 0 saturated heterocycles. The molecule has 2 aromatic carbocycles. The largest absolute Gasteiger partial charge is 0.480 e. The second kappa shape index (κ2) is 11.4. The van der Waals surface area contributed by atoms with Crippen molar-refractivity contribution in [3.8, 4) is 0 Å². The number of ether oxygens (including phenoxy) is 1. The number of carbonyl (C=O) groups excluding carboxylic acids is 1. The number of amides is 1. The zero-order valence-corrected chi connectivity index (χ0v) is 21.7. The Morgan fingerprint density at radius 1 is 1.16 bits per heavy atom. The van der Waals surface area contributed by atoms with Gasteiger partial charge in [-0.3, -0.25) is 4.79 Å². The Hall–Kier alpha value is -4.34. The predicted octanol–water partition coefficient (Wildman–Crippen LogP) is 4.48. The van der Waals surface area contributed by atoms with Gasteiger partial charge in [-0.15, -0.1) is 0 Å². The van der Waals surface area contributed by atoms with Gasteiger partial charge in [-0.2, -0.15) is 0 Å². The highest BCUT2D eigenvalue weighted by Gasteiger charge is 2.23. The fraction of sp³-hybridized carbons (Fsp3) is 0.357. The maximum Gasteiger partial charge on any atom is 0.407 e. The molecule has 2 aromatic heterocycles. The lowest BCUT2D eigenvalue weighted by atomic mass is 9.99. The minimum Gasteiger partial charge on any atom is -0.480 e. The fourth-order valence-corrected chi connectivity index (χ4v) is 3.91. The van der Waals surface area contributed by atoms with Gasteiger partial charge in [-0.1, -0.05) is 39.0 Å². The van der Waals surface area contributed by atoms with Gasteiger partial charge in [-0.05, 0) is 41.7 Å². The van der Waals surface area contributed by atoms with Crippen LogP contribution in [0.15, 0.2) is 57.7 Å². The molecule has 4 rings (SSSR count). The van der Waals surface area contributed by atoms with Crippen molar-refractivity contribution in [2.75, 3.05) is 18.5 Å². The lowest BCUT2D eigenvalue weighted by Gasteiger charge is -2.20. The third-order valence-electron chi connectivity index (χ3n) is 5.79. The van der Waals surface area contributed by atoms with Crippen molar-refractivity contribution in [3.05, 3.63) is 70.1 Å². The Balaban J connectivity index is 1.36. The molecule has 0 fully saturated rings. The number of benzene rings is 2. The van der Waals surface area contributed by atoms with Crippen LogP contribution in [-0.4, -0.2) is 46.3 Å². The standard InChI is InChI=1S/C28H32N4O6/c1-28(2,3)16-37-27(36)32-22(25(34)35)14-17-10-11-24-19(13-17)23(33)15-18(38-24)7-6-12-29-26-30-20-8-4-5-9-21(20)31-26/h4-5,8-11,13,15,22H,6-7,12,14,16H2,1-3H3,(H,32,36)(H,34,35)(H2,29,30,31). The van der Waals surface area contributed by atoms with Crippen LogP contribution in [0.1, 0.15) is 38.5 Å². The second-order valence-electron chi connectivity index (χ2n) is 10.4. The number of fused-ring (bicyclic) bond motifs is 2. The van der Waals surface area contributed by atoms with Gasteiger partial charge < -0.3 is 29.9 Å². The molecular weight excluding hydrogens is 488 g/mol. The smallest absolute Gasteiger partial charge is 0.407 e. The van der Waals surface area contributed by atoms with Gasteiger partial charge in [0.1, 0.15) is 17.4 Å². The zero-order chi connectivity index (χ0) is 27.3. The van der Waals surface area contributed by atoms with E-state index in [1.54, 1.807) is 18.2 Å². The van der Waals surface area contributed by atoms with E-state index in [0.29, 0.717) is 41.2 Å². The summed E-state index contributed by atoms with van der Waals surface area (Å²) in [7, 11) is 0. The topological polar surface area (TPSA) is 147 Å². The maximum atomic E-state index is 12.8. The number of carboxylic acids is 1. The first-order chi connectivity index (χ1) is 18.1. The average molecular weight is 521 g/mol. The van der Waals surface area contributed by atoms with Crippen molar-refractivity contribution in [3.63, 3.8) is 0 Å². The number of H-pyrrole nitrogens is 1. The molecule has 38 heavy (non-hydrogen) atoms. The van der Waals surface area contributed by atoms with Crippen molar-refractivity contribution in [1.29, 1.82) is 0 Å². The molecule has 0 spiro atoms. The summed E-state index contributed by atoms with van der Waals surface area (Å²) in [6, 6.07) is 13.0. The van der Waals surface area contributed by atoms with Gasteiger partial charge in [0.05, 0.1) is 23.0 Å². The molecule has 10 heteroatoms. The summed E-state index contributed by atoms with van der Waals surface area (Å²) in [5.41, 5.74) is 2.40. The summed E-state index contributed by atoms with van der Waals surface area (Å²) in [5, 5.41) is 15.5. The number of aromatic amines is 1. The first-order valence-electron chi connectivity index (χ1n) is 12.5. The number of nitrogens with one attached hydrogen (secondary N) is 3. The Bertz CT molecular complexity index is 1470. The Morgan fingerprint density at radius 3 is 2.68 bits per heavy atom. The molecule has 0 radical (unpaired) electrons. The zero-order valence-electron chi connectivity index (χ0n) is 21.7. The quantitative estimate of drug-likeness (QED) is 0.224. The van der Waals surface area contributed by atoms with E-state index in [1.807, 2.05) is 45.0 Å². The predicted molar refractivity (Wildman–Crippen MR) is 144 cm³/mol. The second-order valence-corrected chi connectivity index (χ2v) is 10.4. The van der Waals surface area contributed by atoms with Crippen LogP contribution in [0.3, 0.4) is 0 Å². The summed E-state index contributed by atoms with van der Waals surface area (Å²) in [6.07, 6.45) is 0.472. The third-order valence-corrected chi connectivity index (χ3v) is 5.79. The van der Waals surface area contributed by atoms with Crippen LogP contribution in [0.4, 0.5) is 10.7 Å². The number of rotatable bonds is 10. The third kappa shape index (κ3) is 7.12. The molecule has 1 atom stereocenters. The van der Waals surface area contributed by atoms with E-state index in [1.165, 1.54) is 6.07 Å². The van der Waals surface area contributed by atoms with E-state index < -0.39 is 18.1 Å². The highest BCUT2D eigenvalue weighted by atomic mass is 16.5. The molecular formula is C28H32N4O6. The molecule has 10 nitrogen and oxygen atoms in total. The summed E-state index contributed by atoms with van der Waals surface area (Å²) in [5.74, 6) is 0.0556. The number of para-hydroxylation sites is 2. The Kier molecular flexibility index (Phi) is 7.99. The van der Waals surface area contributed by atoms with Crippen molar-refractivity contribution in [1.82, 2.24) is 15.3 Å². The SMILES string of the molecule is CC(C)(C)COC(=O)NC(Cc1ccc2oc(CCCNc3nc4ccccc4[nH]3)cc(=O)c2c1)C(=O)O. The van der Waals surface area contributed by atoms with E-state index >= 15 is 0 Å². The Labute approximate surface area is 219 Å². The van der Waals surface area contributed by atoms with E-state index in [2.05, 4.69) is 20.6 Å². The minimum absolute atomic E-state index is 0.00938. The lowest BCUT2D eigenvalue weighted by molar-refractivity contribution is -0.139. The normalized spacial score (nSPS) is 12.4. The number of nitrogens with zero attached hydrogens (tertiary/aromatic N) is 1. The number of hydrogen-bond donors (Lipinski definition) is 4. The monoisotopic (exact) mass is 520 g/mol. The van der Waals surface area contributed by atoms with Crippen LogP contribution in [0, 0.1) is 5.41 Å². The number of hydrogen-bond acceptors (Lipinski definition) is 7. The molecule has 4 N–H and O–H groups in total. The van der Waals surface area contributed by atoms with Crippen LogP contribution < -0.4 is 16.1 Å². The number of imidazole rings is 1. The number of anilines is 1. The molecule has 4 aromatic rings. The van der Waals surface area contributed by atoms with Crippen LogP contribution in [-0.2, 0) is 22.4 Å². The number of aryl methyl sites for hydroxylation is 1. The fourth-order valence-electron chi connectivity index (χ4n) is 3.91. The van der Waals surface area contributed by atoms with Gasteiger partial charge >= 0.3 is 12.1 Å². The van der Waals surface area contributed by atoms with Crippen molar-refractivity contribution < 1.29 is 23.8 Å². The number of aliphatic carboxylic acids is 1. The number of carboxylic acid groups (broad SMARTS) is 1. The Morgan fingerprint density at radius 2 is 1.95 bits per heavy atom. The van der Waals surface area contributed by atoms with Crippen LogP contribution >= 0.6 is 0 Å². The molecule has 0 aliphatic rings. The van der Waals surface area contributed by atoms with Crippen molar-refractivity contribution >= 4 is 40.0 Å². The highest BCUT2D eigenvalue weighted by Crippen LogP contribution is 2.18. The lowest BCUT2D eigenvalue weighted by Crippen LogP contribution is -2.43. The number of aromatic nitrogens is 2. The van der Waals surface area contributed by atoms with Gasteiger partial charge in [0.15, 0.2) is 5.43 Å². The van der Waals surface area contributed by atoms with Crippen LogP contribution in [0.25, 0.3) is 22.0 Å². The minimum atomic E-state index is -1.20. The first-order valence-corrected chi connectivity index (χ1v) is 12.5. The van der Waals surface area contributed by atoms with E-state index in [9.17, 15) is 19.5 Å². The van der Waals surface area contributed by atoms with Crippen LogP contribution in [0.5, 0.6) is 0 Å². The number of carbonyl (C=O) groups is 2. The van der Waals surface area contributed by atoms with Crippen LogP contribution in [0.2, 0.25) is 0 Å². The van der Waals surface area contributed by atoms with E-state index in [0.717, 1.165) is 17.5 Å². The van der Waals surface area contributed by atoms with Gasteiger partial charge in [0.2, 0.25) is 5.95 Å². The molecule has 1 unspecified atom stereocenters.